The Bertz CT molecular complexity index is 525. The van der Waals surface area contributed by atoms with Crippen molar-refractivity contribution in [1.29, 1.82) is 0 Å². The van der Waals surface area contributed by atoms with Crippen LogP contribution >= 0.6 is 0 Å². The first-order chi connectivity index (χ1) is 8.72. The summed E-state index contributed by atoms with van der Waals surface area (Å²) in [5.74, 6) is 0. The molecule has 0 saturated heterocycles. The van der Waals surface area contributed by atoms with Gasteiger partial charge in [0.2, 0.25) is 0 Å². The Kier molecular flexibility index (Phi) is 3.89. The highest BCUT2D eigenvalue weighted by Crippen LogP contribution is 2.24. The Morgan fingerprint density at radius 1 is 1.33 bits per heavy atom. The predicted octanol–water partition coefficient (Wildman–Crippen LogP) is 2.07. The standard InChI is InChI=1S/C14H18N4/c1-3-17-14(11-9-16-6-5-12(11)15)13-8-10(2)4-7-18-13/h4-9,14,17H,3H2,1-2H3,(H2,15,16). The third kappa shape index (κ3) is 2.65. The van der Waals surface area contributed by atoms with Gasteiger partial charge in [-0.25, -0.2) is 0 Å². The predicted molar refractivity (Wildman–Crippen MR) is 73.1 cm³/mol. The van der Waals surface area contributed by atoms with Crippen LogP contribution in [0.4, 0.5) is 5.69 Å². The van der Waals surface area contributed by atoms with Gasteiger partial charge in [0.1, 0.15) is 0 Å². The van der Waals surface area contributed by atoms with Crippen LogP contribution in [-0.4, -0.2) is 16.5 Å². The molecule has 0 radical (unpaired) electrons. The minimum Gasteiger partial charge on any atom is -0.398 e. The summed E-state index contributed by atoms with van der Waals surface area (Å²) in [5.41, 5.74) is 9.88. The third-order valence-electron chi connectivity index (χ3n) is 2.84. The molecule has 0 spiro atoms. The molecule has 4 nitrogen and oxygen atoms in total. The molecule has 0 fully saturated rings. The van der Waals surface area contributed by atoms with Crippen molar-refractivity contribution >= 4 is 5.69 Å². The molecule has 4 heteroatoms. The van der Waals surface area contributed by atoms with Crippen LogP contribution in [0.25, 0.3) is 0 Å². The summed E-state index contributed by atoms with van der Waals surface area (Å²) >= 11 is 0. The number of nitrogens with one attached hydrogen (secondary N) is 1. The molecule has 0 bridgehead atoms. The molecule has 18 heavy (non-hydrogen) atoms. The molecule has 1 atom stereocenters. The number of pyridine rings is 2. The molecule has 3 N–H and O–H groups in total. The second-order valence-electron chi connectivity index (χ2n) is 4.25. The van der Waals surface area contributed by atoms with Crippen LogP contribution in [0, 0.1) is 6.92 Å². The van der Waals surface area contributed by atoms with Crippen LogP contribution in [0.5, 0.6) is 0 Å². The lowest BCUT2D eigenvalue weighted by Gasteiger charge is -2.19. The summed E-state index contributed by atoms with van der Waals surface area (Å²) in [6.07, 6.45) is 5.32. The van der Waals surface area contributed by atoms with E-state index in [1.165, 1.54) is 5.56 Å². The molecular formula is C14H18N4. The summed E-state index contributed by atoms with van der Waals surface area (Å²) in [6.45, 7) is 4.96. The molecule has 1 unspecified atom stereocenters. The fourth-order valence-electron chi connectivity index (χ4n) is 1.95. The fourth-order valence-corrected chi connectivity index (χ4v) is 1.95. The van der Waals surface area contributed by atoms with Gasteiger partial charge in [0.25, 0.3) is 0 Å². The van der Waals surface area contributed by atoms with Crippen molar-refractivity contribution in [3.63, 3.8) is 0 Å². The summed E-state index contributed by atoms with van der Waals surface area (Å²) in [7, 11) is 0. The number of hydrogen-bond donors (Lipinski definition) is 2. The number of nitrogens with two attached hydrogens (primary N) is 1. The molecule has 2 rings (SSSR count). The van der Waals surface area contributed by atoms with Gasteiger partial charge in [-0.2, -0.15) is 0 Å². The van der Waals surface area contributed by atoms with E-state index in [4.69, 9.17) is 5.73 Å². The Morgan fingerprint density at radius 3 is 2.83 bits per heavy atom. The lowest BCUT2D eigenvalue weighted by atomic mass is 10.0. The number of aromatic nitrogens is 2. The highest BCUT2D eigenvalue weighted by Gasteiger charge is 2.17. The first-order valence-electron chi connectivity index (χ1n) is 6.07. The highest BCUT2D eigenvalue weighted by molar-refractivity contribution is 5.48. The zero-order chi connectivity index (χ0) is 13.0. The first kappa shape index (κ1) is 12.5. The van der Waals surface area contributed by atoms with Gasteiger partial charge in [0, 0.05) is 29.8 Å². The van der Waals surface area contributed by atoms with E-state index in [1.54, 1.807) is 12.4 Å². The maximum Gasteiger partial charge on any atom is 0.0786 e. The zero-order valence-corrected chi connectivity index (χ0v) is 10.7. The molecule has 0 amide bonds. The maximum absolute atomic E-state index is 6.02. The molecule has 0 aromatic carbocycles. The zero-order valence-electron chi connectivity index (χ0n) is 10.7. The van der Waals surface area contributed by atoms with Gasteiger partial charge in [-0.15, -0.1) is 0 Å². The number of nitrogen functional groups attached to an aromatic ring is 1. The topological polar surface area (TPSA) is 63.8 Å². The summed E-state index contributed by atoms with van der Waals surface area (Å²) in [6, 6.07) is 5.86. The van der Waals surface area contributed by atoms with E-state index in [1.807, 2.05) is 18.3 Å². The minimum absolute atomic E-state index is 0.0106. The third-order valence-corrected chi connectivity index (χ3v) is 2.84. The quantitative estimate of drug-likeness (QED) is 0.861. The van der Waals surface area contributed by atoms with Crippen molar-refractivity contribution in [3.8, 4) is 0 Å². The van der Waals surface area contributed by atoms with Crippen molar-refractivity contribution in [2.45, 2.75) is 19.9 Å². The molecular weight excluding hydrogens is 224 g/mol. The van der Waals surface area contributed by atoms with Crippen molar-refractivity contribution in [2.75, 3.05) is 12.3 Å². The van der Waals surface area contributed by atoms with Crippen molar-refractivity contribution in [2.24, 2.45) is 0 Å². The monoisotopic (exact) mass is 242 g/mol. The average Bonchev–Trinajstić information content (AvgIpc) is 2.37. The number of hydrogen-bond acceptors (Lipinski definition) is 4. The van der Waals surface area contributed by atoms with Crippen LogP contribution in [0.15, 0.2) is 36.8 Å². The van der Waals surface area contributed by atoms with Crippen LogP contribution in [0.1, 0.15) is 29.8 Å². The Balaban J connectivity index is 2.43. The van der Waals surface area contributed by atoms with Gasteiger partial charge in [-0.05, 0) is 37.2 Å². The van der Waals surface area contributed by atoms with E-state index in [-0.39, 0.29) is 6.04 Å². The van der Waals surface area contributed by atoms with Gasteiger partial charge in [0.05, 0.1) is 11.7 Å². The second-order valence-corrected chi connectivity index (χ2v) is 4.25. The number of rotatable bonds is 4. The van der Waals surface area contributed by atoms with Crippen molar-refractivity contribution in [1.82, 2.24) is 15.3 Å². The van der Waals surface area contributed by atoms with Crippen LogP contribution < -0.4 is 11.1 Å². The molecule has 2 aromatic heterocycles. The first-order valence-corrected chi connectivity index (χ1v) is 6.07. The van der Waals surface area contributed by atoms with Crippen LogP contribution in [0.3, 0.4) is 0 Å². The van der Waals surface area contributed by atoms with Gasteiger partial charge in [0.15, 0.2) is 0 Å². The van der Waals surface area contributed by atoms with Gasteiger partial charge >= 0.3 is 0 Å². The molecule has 2 aromatic rings. The number of aryl methyl sites for hydroxylation is 1. The normalized spacial score (nSPS) is 12.3. The van der Waals surface area contributed by atoms with E-state index in [9.17, 15) is 0 Å². The highest BCUT2D eigenvalue weighted by atomic mass is 14.9. The number of anilines is 1. The Morgan fingerprint density at radius 2 is 2.17 bits per heavy atom. The van der Waals surface area contributed by atoms with Gasteiger partial charge in [-0.3, -0.25) is 9.97 Å². The second kappa shape index (κ2) is 5.60. The largest absolute Gasteiger partial charge is 0.398 e. The molecule has 2 heterocycles. The lowest BCUT2D eigenvalue weighted by molar-refractivity contribution is 0.614. The SMILES string of the molecule is CCNC(c1cc(C)ccn1)c1cnccc1N. The van der Waals surface area contributed by atoms with E-state index in [2.05, 4.69) is 35.2 Å². The van der Waals surface area contributed by atoms with E-state index in [0.29, 0.717) is 0 Å². The molecule has 0 aliphatic rings. The minimum atomic E-state index is -0.0106. The van der Waals surface area contributed by atoms with Crippen molar-refractivity contribution < 1.29 is 0 Å². The van der Waals surface area contributed by atoms with E-state index < -0.39 is 0 Å². The Labute approximate surface area is 107 Å². The lowest BCUT2D eigenvalue weighted by Crippen LogP contribution is -2.24. The summed E-state index contributed by atoms with van der Waals surface area (Å²) < 4.78 is 0. The number of nitrogens with zero attached hydrogens (tertiary/aromatic N) is 2. The van der Waals surface area contributed by atoms with Crippen molar-refractivity contribution in [3.05, 3.63) is 53.6 Å². The van der Waals surface area contributed by atoms with E-state index >= 15 is 0 Å². The molecule has 0 aliphatic carbocycles. The van der Waals surface area contributed by atoms with E-state index in [0.717, 1.165) is 23.5 Å². The van der Waals surface area contributed by atoms with Crippen LogP contribution in [-0.2, 0) is 0 Å². The maximum atomic E-state index is 6.02. The van der Waals surface area contributed by atoms with Gasteiger partial charge in [-0.1, -0.05) is 6.92 Å². The summed E-state index contributed by atoms with van der Waals surface area (Å²) in [5, 5.41) is 3.40. The average molecular weight is 242 g/mol. The Hall–Kier alpha value is -1.94. The smallest absolute Gasteiger partial charge is 0.0786 e. The molecule has 94 valence electrons. The molecule has 0 aliphatic heterocycles. The fraction of sp³-hybridized carbons (Fsp3) is 0.286. The summed E-state index contributed by atoms with van der Waals surface area (Å²) in [4.78, 5) is 8.58. The van der Waals surface area contributed by atoms with Gasteiger partial charge < -0.3 is 11.1 Å². The molecule has 0 saturated carbocycles. The van der Waals surface area contributed by atoms with Crippen LogP contribution in [0.2, 0.25) is 0 Å².